The minimum atomic E-state index is -0.202. The first-order valence-corrected chi connectivity index (χ1v) is 6.30. The summed E-state index contributed by atoms with van der Waals surface area (Å²) >= 11 is 0. The van der Waals surface area contributed by atoms with Gasteiger partial charge in [-0.25, -0.2) is 0 Å². The molecule has 0 radical (unpaired) electrons. The third kappa shape index (κ3) is 3.39. The lowest BCUT2D eigenvalue weighted by Gasteiger charge is -2.26. The van der Waals surface area contributed by atoms with Crippen molar-refractivity contribution in [3.05, 3.63) is 24.3 Å². The van der Waals surface area contributed by atoms with Gasteiger partial charge in [-0.2, -0.15) is 0 Å². The quantitative estimate of drug-likeness (QED) is 0.887. The number of para-hydroxylation sites is 2. The van der Waals surface area contributed by atoms with E-state index < -0.39 is 0 Å². The minimum absolute atomic E-state index is 0.0108. The van der Waals surface area contributed by atoms with Crippen LogP contribution in [-0.4, -0.2) is 25.2 Å². The maximum absolute atomic E-state index is 11.7. The second kappa shape index (κ2) is 5.76. The standard InChI is InChI=1S/C14H19NO3/c1-10(2)8-15-14(16)7-11-9-17-12-5-3-4-6-13(12)18-11/h3-6,10-11H,7-9H2,1-2H3,(H,15,16)/t11-/m1/s1. The van der Waals surface area contributed by atoms with Gasteiger partial charge in [0, 0.05) is 6.54 Å². The predicted molar refractivity (Wildman–Crippen MR) is 68.8 cm³/mol. The summed E-state index contributed by atoms with van der Waals surface area (Å²) in [7, 11) is 0. The Labute approximate surface area is 107 Å². The Hall–Kier alpha value is -1.71. The molecule has 4 nitrogen and oxygen atoms in total. The van der Waals surface area contributed by atoms with Crippen molar-refractivity contribution in [1.29, 1.82) is 0 Å². The molecule has 0 aliphatic carbocycles. The third-order valence-electron chi connectivity index (χ3n) is 2.69. The SMILES string of the molecule is CC(C)CNC(=O)C[C@@H]1COc2ccccc2O1. The number of rotatable bonds is 4. The van der Waals surface area contributed by atoms with E-state index in [4.69, 9.17) is 9.47 Å². The van der Waals surface area contributed by atoms with Crippen molar-refractivity contribution >= 4 is 5.91 Å². The van der Waals surface area contributed by atoms with Crippen LogP contribution in [0.25, 0.3) is 0 Å². The van der Waals surface area contributed by atoms with Gasteiger partial charge in [0.1, 0.15) is 12.7 Å². The van der Waals surface area contributed by atoms with Crippen LogP contribution >= 0.6 is 0 Å². The molecular formula is C14H19NO3. The van der Waals surface area contributed by atoms with E-state index in [-0.39, 0.29) is 12.0 Å². The van der Waals surface area contributed by atoms with Crippen LogP contribution in [0.15, 0.2) is 24.3 Å². The number of nitrogens with one attached hydrogen (secondary N) is 1. The van der Waals surface area contributed by atoms with E-state index in [9.17, 15) is 4.79 Å². The van der Waals surface area contributed by atoms with Gasteiger partial charge in [0.25, 0.3) is 0 Å². The average molecular weight is 249 g/mol. The molecule has 1 aromatic carbocycles. The van der Waals surface area contributed by atoms with Gasteiger partial charge >= 0.3 is 0 Å². The first-order valence-electron chi connectivity index (χ1n) is 6.30. The maximum Gasteiger partial charge on any atom is 0.223 e. The van der Waals surface area contributed by atoms with E-state index in [1.165, 1.54) is 0 Å². The molecule has 98 valence electrons. The number of hydrogen-bond donors (Lipinski definition) is 1. The van der Waals surface area contributed by atoms with Crippen molar-refractivity contribution in [2.45, 2.75) is 26.4 Å². The number of fused-ring (bicyclic) bond motifs is 1. The molecule has 0 aromatic heterocycles. The fourth-order valence-electron chi connectivity index (χ4n) is 1.76. The van der Waals surface area contributed by atoms with Gasteiger partial charge in [0.05, 0.1) is 6.42 Å². The third-order valence-corrected chi connectivity index (χ3v) is 2.69. The second-order valence-electron chi connectivity index (χ2n) is 4.90. The first-order chi connectivity index (χ1) is 8.65. The van der Waals surface area contributed by atoms with Crippen molar-refractivity contribution < 1.29 is 14.3 Å². The smallest absolute Gasteiger partial charge is 0.223 e. The zero-order valence-electron chi connectivity index (χ0n) is 10.8. The van der Waals surface area contributed by atoms with Crippen molar-refractivity contribution in [2.24, 2.45) is 5.92 Å². The monoisotopic (exact) mass is 249 g/mol. The summed E-state index contributed by atoms with van der Waals surface area (Å²) in [5, 5.41) is 2.88. The van der Waals surface area contributed by atoms with Crippen LogP contribution in [-0.2, 0) is 4.79 Å². The van der Waals surface area contributed by atoms with Crippen LogP contribution in [0.2, 0.25) is 0 Å². The number of benzene rings is 1. The van der Waals surface area contributed by atoms with E-state index in [0.717, 1.165) is 5.75 Å². The summed E-state index contributed by atoms with van der Waals surface area (Å²) in [4.78, 5) is 11.7. The Kier molecular flexibility index (Phi) is 4.07. The van der Waals surface area contributed by atoms with E-state index in [2.05, 4.69) is 19.2 Å². The Balaban J connectivity index is 1.84. The van der Waals surface area contributed by atoms with Gasteiger partial charge in [0.2, 0.25) is 5.91 Å². The molecule has 1 N–H and O–H groups in total. The highest BCUT2D eigenvalue weighted by atomic mass is 16.6. The number of carbonyl (C=O) groups is 1. The average Bonchev–Trinajstić information content (AvgIpc) is 2.36. The Morgan fingerprint density at radius 3 is 2.83 bits per heavy atom. The molecule has 18 heavy (non-hydrogen) atoms. The van der Waals surface area contributed by atoms with E-state index >= 15 is 0 Å². The molecule has 0 bridgehead atoms. The van der Waals surface area contributed by atoms with Crippen molar-refractivity contribution in [2.75, 3.05) is 13.2 Å². The van der Waals surface area contributed by atoms with Crippen LogP contribution in [0.4, 0.5) is 0 Å². The van der Waals surface area contributed by atoms with Gasteiger partial charge in [0.15, 0.2) is 11.5 Å². The lowest BCUT2D eigenvalue weighted by molar-refractivity contribution is -0.123. The number of ether oxygens (including phenoxy) is 2. The van der Waals surface area contributed by atoms with E-state index in [0.29, 0.717) is 31.2 Å². The van der Waals surface area contributed by atoms with Crippen molar-refractivity contribution in [1.82, 2.24) is 5.32 Å². The minimum Gasteiger partial charge on any atom is -0.486 e. The molecule has 1 amide bonds. The predicted octanol–water partition coefficient (Wildman–Crippen LogP) is 1.99. The molecule has 1 aromatic rings. The summed E-state index contributed by atoms with van der Waals surface area (Å²) < 4.78 is 11.3. The van der Waals surface area contributed by atoms with E-state index in [1.54, 1.807) is 0 Å². The summed E-state index contributed by atoms with van der Waals surface area (Å²) in [6.07, 6.45) is 0.133. The summed E-state index contributed by atoms with van der Waals surface area (Å²) in [6.45, 7) is 5.25. The van der Waals surface area contributed by atoms with Crippen LogP contribution in [0.1, 0.15) is 20.3 Å². The fourth-order valence-corrected chi connectivity index (χ4v) is 1.76. The van der Waals surface area contributed by atoms with Crippen LogP contribution in [0, 0.1) is 5.92 Å². The Bertz CT molecular complexity index is 417. The second-order valence-corrected chi connectivity index (χ2v) is 4.90. The molecule has 0 unspecified atom stereocenters. The largest absolute Gasteiger partial charge is 0.486 e. The zero-order chi connectivity index (χ0) is 13.0. The van der Waals surface area contributed by atoms with Gasteiger partial charge in [-0.15, -0.1) is 0 Å². The summed E-state index contributed by atoms with van der Waals surface area (Å²) in [6, 6.07) is 7.51. The molecule has 0 saturated carbocycles. The Morgan fingerprint density at radius 2 is 2.11 bits per heavy atom. The molecule has 1 heterocycles. The molecule has 0 spiro atoms. The number of amides is 1. The molecule has 1 aliphatic heterocycles. The number of hydrogen-bond acceptors (Lipinski definition) is 3. The normalized spacial score (nSPS) is 17.6. The highest BCUT2D eigenvalue weighted by Crippen LogP contribution is 2.31. The Morgan fingerprint density at radius 1 is 1.39 bits per heavy atom. The van der Waals surface area contributed by atoms with E-state index in [1.807, 2.05) is 24.3 Å². The molecule has 1 atom stereocenters. The molecule has 0 fully saturated rings. The molecule has 0 saturated heterocycles. The summed E-state index contributed by atoms with van der Waals surface area (Å²) in [5.74, 6) is 1.93. The lowest BCUT2D eigenvalue weighted by Crippen LogP contribution is -2.36. The first kappa shape index (κ1) is 12.7. The maximum atomic E-state index is 11.7. The zero-order valence-corrected chi connectivity index (χ0v) is 10.8. The van der Waals surface area contributed by atoms with Crippen LogP contribution in [0.5, 0.6) is 11.5 Å². The van der Waals surface area contributed by atoms with Crippen molar-refractivity contribution in [3.8, 4) is 11.5 Å². The molecular weight excluding hydrogens is 230 g/mol. The fraction of sp³-hybridized carbons (Fsp3) is 0.500. The number of carbonyl (C=O) groups excluding carboxylic acids is 1. The molecule has 4 heteroatoms. The lowest BCUT2D eigenvalue weighted by atomic mass is 10.2. The highest BCUT2D eigenvalue weighted by Gasteiger charge is 2.22. The topological polar surface area (TPSA) is 47.6 Å². The van der Waals surface area contributed by atoms with Gasteiger partial charge in [-0.1, -0.05) is 26.0 Å². The van der Waals surface area contributed by atoms with Gasteiger partial charge < -0.3 is 14.8 Å². The van der Waals surface area contributed by atoms with Crippen molar-refractivity contribution in [3.63, 3.8) is 0 Å². The summed E-state index contributed by atoms with van der Waals surface area (Å²) in [5.41, 5.74) is 0. The molecule has 2 rings (SSSR count). The highest BCUT2D eigenvalue weighted by molar-refractivity contribution is 5.76. The van der Waals surface area contributed by atoms with Crippen LogP contribution in [0.3, 0.4) is 0 Å². The van der Waals surface area contributed by atoms with Crippen LogP contribution < -0.4 is 14.8 Å². The molecule has 1 aliphatic rings. The van der Waals surface area contributed by atoms with Gasteiger partial charge in [-0.05, 0) is 18.1 Å². The van der Waals surface area contributed by atoms with Gasteiger partial charge in [-0.3, -0.25) is 4.79 Å².